The number of methoxy groups -OCH3 is 1. The summed E-state index contributed by atoms with van der Waals surface area (Å²) in [4.78, 5) is 9.71. The maximum atomic E-state index is 13.7. The molecule has 0 spiro atoms. The fourth-order valence-electron chi connectivity index (χ4n) is 4.50. The van der Waals surface area contributed by atoms with Crippen molar-refractivity contribution in [3.8, 4) is 5.75 Å². The van der Waals surface area contributed by atoms with E-state index in [9.17, 15) is 8.42 Å². The molecule has 1 aliphatic carbocycles. The molecule has 0 atom stereocenters. The second-order valence-electron chi connectivity index (χ2n) is 7.94. The molecule has 1 aliphatic rings. The van der Waals surface area contributed by atoms with Crippen LogP contribution in [0.15, 0.2) is 58.3 Å². The highest BCUT2D eigenvalue weighted by molar-refractivity contribution is 7.92. The van der Waals surface area contributed by atoms with E-state index in [2.05, 4.69) is 0 Å². The monoisotopic (exact) mass is 436 g/mol. The van der Waals surface area contributed by atoms with Crippen molar-refractivity contribution < 1.29 is 13.2 Å². The van der Waals surface area contributed by atoms with Gasteiger partial charge >= 0.3 is 0 Å². The van der Waals surface area contributed by atoms with Gasteiger partial charge in [0.05, 0.1) is 23.0 Å². The Morgan fingerprint density at radius 3 is 2.26 bits per heavy atom. The van der Waals surface area contributed by atoms with Crippen LogP contribution in [-0.2, 0) is 9.84 Å². The van der Waals surface area contributed by atoms with Crippen molar-refractivity contribution >= 4 is 37.9 Å². The second kappa shape index (κ2) is 7.53. The van der Waals surface area contributed by atoms with Crippen molar-refractivity contribution in [1.82, 2.24) is 14.5 Å². The number of nitrogens with two attached hydrogens (primary N) is 1. The summed E-state index contributed by atoms with van der Waals surface area (Å²) in [5.41, 5.74) is 8.80. The lowest BCUT2D eigenvalue weighted by Gasteiger charge is -2.25. The van der Waals surface area contributed by atoms with E-state index in [1.165, 1.54) is 18.6 Å². The number of aromatic nitrogens is 3. The summed E-state index contributed by atoms with van der Waals surface area (Å²) in [6, 6.07) is 13.9. The van der Waals surface area contributed by atoms with Crippen molar-refractivity contribution in [2.24, 2.45) is 0 Å². The first kappa shape index (κ1) is 19.8. The smallest absolute Gasteiger partial charge is 0.212 e. The van der Waals surface area contributed by atoms with E-state index >= 15 is 0 Å². The number of para-hydroxylation sites is 2. The minimum atomic E-state index is -3.91. The van der Waals surface area contributed by atoms with Crippen molar-refractivity contribution in [3.63, 3.8) is 0 Å². The minimum absolute atomic E-state index is 0.0384. The predicted octanol–water partition coefficient (Wildman–Crippen LogP) is 4.51. The lowest BCUT2D eigenvalue weighted by atomic mass is 9.95. The molecule has 0 amide bonds. The molecule has 0 bridgehead atoms. The van der Waals surface area contributed by atoms with Gasteiger partial charge in [-0.25, -0.2) is 18.4 Å². The number of anilines is 1. The SMILES string of the molecule is COc1ccc(S(=O)(=O)c2c(N)n(C3CCCCC3)c3nc4ccccc4nc23)cc1. The molecule has 0 saturated heterocycles. The maximum absolute atomic E-state index is 13.7. The molecule has 31 heavy (non-hydrogen) atoms. The maximum Gasteiger partial charge on any atom is 0.212 e. The van der Waals surface area contributed by atoms with Gasteiger partial charge in [-0.1, -0.05) is 31.4 Å². The molecule has 2 heterocycles. The second-order valence-corrected chi connectivity index (χ2v) is 9.83. The highest BCUT2D eigenvalue weighted by Gasteiger charge is 2.32. The van der Waals surface area contributed by atoms with E-state index in [0.717, 1.165) is 31.2 Å². The van der Waals surface area contributed by atoms with Crippen molar-refractivity contribution in [2.75, 3.05) is 12.8 Å². The average Bonchev–Trinajstić information content (AvgIpc) is 3.09. The van der Waals surface area contributed by atoms with Gasteiger partial charge in [0.1, 0.15) is 22.0 Å². The van der Waals surface area contributed by atoms with Crippen LogP contribution in [0.5, 0.6) is 5.75 Å². The van der Waals surface area contributed by atoms with E-state index < -0.39 is 9.84 Å². The van der Waals surface area contributed by atoms with Gasteiger partial charge in [0.2, 0.25) is 9.84 Å². The molecule has 0 radical (unpaired) electrons. The largest absolute Gasteiger partial charge is 0.497 e. The summed E-state index contributed by atoms with van der Waals surface area (Å²) >= 11 is 0. The van der Waals surface area contributed by atoms with Crippen LogP contribution >= 0.6 is 0 Å². The molecule has 8 heteroatoms. The van der Waals surface area contributed by atoms with Gasteiger partial charge in [-0.3, -0.25) is 0 Å². The molecule has 1 fully saturated rings. The zero-order valence-corrected chi connectivity index (χ0v) is 18.1. The highest BCUT2D eigenvalue weighted by atomic mass is 32.2. The summed E-state index contributed by atoms with van der Waals surface area (Å²) in [6.45, 7) is 0. The van der Waals surface area contributed by atoms with Crippen molar-refractivity contribution in [2.45, 2.75) is 47.9 Å². The van der Waals surface area contributed by atoms with Crippen LogP contribution in [0.1, 0.15) is 38.1 Å². The van der Waals surface area contributed by atoms with Crippen LogP contribution < -0.4 is 10.5 Å². The lowest BCUT2D eigenvalue weighted by Crippen LogP contribution is -2.16. The third-order valence-corrected chi connectivity index (χ3v) is 7.90. The number of hydrogen-bond donors (Lipinski definition) is 1. The third kappa shape index (κ3) is 3.22. The number of benzene rings is 2. The van der Waals surface area contributed by atoms with Crippen LogP contribution in [0, 0.1) is 0 Å². The number of nitrogens with zero attached hydrogens (tertiary/aromatic N) is 3. The molecule has 0 unspecified atom stereocenters. The lowest BCUT2D eigenvalue weighted by molar-refractivity contribution is 0.362. The minimum Gasteiger partial charge on any atom is -0.497 e. The van der Waals surface area contributed by atoms with Crippen LogP contribution in [-0.4, -0.2) is 30.1 Å². The quantitative estimate of drug-likeness (QED) is 0.505. The molecule has 0 aliphatic heterocycles. The molecule has 2 N–H and O–H groups in total. The topological polar surface area (TPSA) is 100 Å². The first-order valence-electron chi connectivity index (χ1n) is 10.5. The van der Waals surface area contributed by atoms with Crippen molar-refractivity contribution in [3.05, 3.63) is 48.5 Å². The molecule has 7 nitrogen and oxygen atoms in total. The van der Waals surface area contributed by atoms with Gasteiger partial charge in [-0.05, 0) is 49.2 Å². The van der Waals surface area contributed by atoms with Crippen molar-refractivity contribution in [1.29, 1.82) is 0 Å². The van der Waals surface area contributed by atoms with E-state index in [1.807, 2.05) is 28.8 Å². The molecule has 2 aromatic carbocycles. The summed E-state index contributed by atoms with van der Waals surface area (Å²) in [7, 11) is -2.37. The van der Waals surface area contributed by atoms with Gasteiger partial charge in [0, 0.05) is 6.04 Å². The zero-order valence-electron chi connectivity index (χ0n) is 17.3. The van der Waals surface area contributed by atoms with E-state index in [-0.39, 0.29) is 21.7 Å². The first-order valence-corrected chi connectivity index (χ1v) is 11.9. The fraction of sp³-hybridized carbons (Fsp3) is 0.304. The first-order chi connectivity index (χ1) is 15.0. The normalized spacial score (nSPS) is 15.5. The third-order valence-electron chi connectivity index (χ3n) is 6.07. The molecular weight excluding hydrogens is 412 g/mol. The molecule has 4 aromatic rings. The molecule has 2 aromatic heterocycles. The van der Waals surface area contributed by atoms with Gasteiger partial charge in [-0.2, -0.15) is 0 Å². The summed E-state index contributed by atoms with van der Waals surface area (Å²) in [5.74, 6) is 0.801. The number of fused-ring (bicyclic) bond motifs is 2. The van der Waals surface area contributed by atoms with Gasteiger partial charge in [0.15, 0.2) is 5.65 Å². The Balaban J connectivity index is 1.80. The summed E-state index contributed by atoms with van der Waals surface area (Å²) in [6.07, 6.45) is 5.26. The Hall–Kier alpha value is -3.13. The summed E-state index contributed by atoms with van der Waals surface area (Å²) < 4.78 is 34.5. The zero-order chi connectivity index (χ0) is 21.6. The number of nitrogen functional groups attached to an aromatic ring is 1. The fourth-order valence-corrected chi connectivity index (χ4v) is 6.00. The molecule has 160 valence electrons. The molecule has 1 saturated carbocycles. The van der Waals surface area contributed by atoms with Crippen LogP contribution in [0.3, 0.4) is 0 Å². The van der Waals surface area contributed by atoms with E-state index in [0.29, 0.717) is 22.4 Å². The number of sulfone groups is 1. The van der Waals surface area contributed by atoms with Gasteiger partial charge in [0.25, 0.3) is 0 Å². The average molecular weight is 437 g/mol. The number of hydrogen-bond acceptors (Lipinski definition) is 6. The van der Waals surface area contributed by atoms with Gasteiger partial charge in [-0.15, -0.1) is 0 Å². The van der Waals surface area contributed by atoms with Crippen LogP contribution in [0.25, 0.3) is 22.2 Å². The Labute approximate surface area is 180 Å². The number of ether oxygens (including phenoxy) is 1. The standard InChI is InChI=1S/C23H24N4O3S/c1-30-16-11-13-17(14-12-16)31(28,29)21-20-23(26-19-10-6-5-9-18(19)25-20)27(22(21)24)15-7-3-2-4-8-15/h5-6,9-15H,2-4,7-8,24H2,1H3. The predicted molar refractivity (Wildman–Crippen MR) is 120 cm³/mol. The van der Waals surface area contributed by atoms with Gasteiger partial charge < -0.3 is 15.0 Å². The number of rotatable bonds is 4. The molecule has 5 rings (SSSR count). The Bertz CT molecular complexity index is 1370. The van der Waals surface area contributed by atoms with E-state index in [1.54, 1.807) is 19.2 Å². The Morgan fingerprint density at radius 2 is 1.61 bits per heavy atom. The van der Waals surface area contributed by atoms with Crippen LogP contribution in [0.4, 0.5) is 5.82 Å². The Kier molecular flexibility index (Phi) is 4.81. The highest BCUT2D eigenvalue weighted by Crippen LogP contribution is 2.40. The van der Waals surface area contributed by atoms with Crippen LogP contribution in [0.2, 0.25) is 0 Å². The molecular formula is C23H24N4O3S. The summed E-state index contributed by atoms with van der Waals surface area (Å²) in [5, 5.41) is 0. The van der Waals surface area contributed by atoms with E-state index in [4.69, 9.17) is 20.4 Å². The Morgan fingerprint density at radius 1 is 0.968 bits per heavy atom.